The van der Waals surface area contributed by atoms with Crippen LogP contribution in [0.1, 0.15) is 30.6 Å². The molecule has 1 amide bonds. The first kappa shape index (κ1) is 19.9. The molecule has 2 atom stereocenters. The van der Waals surface area contributed by atoms with Crippen molar-refractivity contribution in [2.24, 2.45) is 11.7 Å². The van der Waals surface area contributed by atoms with Crippen LogP contribution in [0.5, 0.6) is 0 Å². The fourth-order valence-corrected chi connectivity index (χ4v) is 3.92. The van der Waals surface area contributed by atoms with Gasteiger partial charge in [0.2, 0.25) is 10.0 Å². The van der Waals surface area contributed by atoms with E-state index in [1.54, 1.807) is 24.0 Å². The van der Waals surface area contributed by atoms with Crippen molar-refractivity contribution < 1.29 is 13.2 Å². The van der Waals surface area contributed by atoms with E-state index in [1.807, 2.05) is 6.92 Å². The Kier molecular flexibility index (Phi) is 7.01. The summed E-state index contributed by atoms with van der Waals surface area (Å²) in [6.07, 6.45) is 0.887. The Hall–Kier alpha value is -1.15. The predicted molar refractivity (Wildman–Crippen MR) is 92.2 cm³/mol. The molecule has 0 saturated carbocycles. The van der Waals surface area contributed by atoms with Crippen molar-refractivity contribution in [1.29, 1.82) is 0 Å². The number of nitrogens with two attached hydrogens (primary N) is 1. The first-order valence-corrected chi connectivity index (χ1v) is 8.98. The second-order valence-corrected chi connectivity index (χ2v) is 7.44. The van der Waals surface area contributed by atoms with Crippen molar-refractivity contribution in [1.82, 2.24) is 9.62 Å². The maximum absolute atomic E-state index is 12.6. The monoisotopic (exact) mass is 361 g/mol. The Bertz CT molecular complexity index is 651. The summed E-state index contributed by atoms with van der Waals surface area (Å²) in [5.74, 6) is 0.171. The Labute approximate surface area is 143 Å². The van der Waals surface area contributed by atoms with Gasteiger partial charge in [-0.25, -0.2) is 13.1 Å². The highest BCUT2D eigenvalue weighted by atomic mass is 35.5. The van der Waals surface area contributed by atoms with Crippen molar-refractivity contribution in [2.75, 3.05) is 19.6 Å². The van der Waals surface area contributed by atoms with Crippen LogP contribution in [0.3, 0.4) is 0 Å². The normalized spacial score (nSPS) is 21.1. The third-order valence-corrected chi connectivity index (χ3v) is 5.52. The van der Waals surface area contributed by atoms with Gasteiger partial charge in [0.15, 0.2) is 0 Å². The van der Waals surface area contributed by atoms with E-state index in [2.05, 4.69) is 4.72 Å². The summed E-state index contributed by atoms with van der Waals surface area (Å²) in [5.41, 5.74) is 6.08. The minimum Gasteiger partial charge on any atom is -0.336 e. The molecule has 1 aromatic rings. The molecule has 23 heavy (non-hydrogen) atoms. The molecule has 1 aliphatic rings. The molecule has 2 rings (SSSR count). The van der Waals surface area contributed by atoms with E-state index in [0.29, 0.717) is 31.1 Å². The second kappa shape index (κ2) is 8.10. The third kappa shape index (κ3) is 4.44. The Morgan fingerprint density at radius 2 is 2.13 bits per heavy atom. The summed E-state index contributed by atoms with van der Waals surface area (Å²) < 4.78 is 26.5. The van der Waals surface area contributed by atoms with Gasteiger partial charge in [0.1, 0.15) is 0 Å². The van der Waals surface area contributed by atoms with Crippen LogP contribution in [0.4, 0.5) is 0 Å². The highest BCUT2D eigenvalue weighted by Crippen LogP contribution is 2.24. The van der Waals surface area contributed by atoms with E-state index in [0.717, 1.165) is 6.42 Å². The van der Waals surface area contributed by atoms with Gasteiger partial charge in [0.05, 0.1) is 4.90 Å². The van der Waals surface area contributed by atoms with Gasteiger partial charge in [-0.2, -0.15) is 0 Å². The number of nitrogens with one attached hydrogen (secondary N) is 1. The molecule has 3 N–H and O–H groups in total. The predicted octanol–water partition coefficient (Wildman–Crippen LogP) is 1.22. The SMILES string of the molecule is CCNS(=O)(=O)c1cccc(C(=O)N2CC(CN)CC2C)c1.Cl. The highest BCUT2D eigenvalue weighted by Gasteiger charge is 2.32. The van der Waals surface area contributed by atoms with Crippen molar-refractivity contribution in [3.8, 4) is 0 Å². The lowest BCUT2D eigenvalue weighted by molar-refractivity contribution is 0.0743. The van der Waals surface area contributed by atoms with Crippen molar-refractivity contribution >= 4 is 28.3 Å². The summed E-state index contributed by atoms with van der Waals surface area (Å²) in [4.78, 5) is 14.5. The number of hydrogen-bond donors (Lipinski definition) is 2. The van der Waals surface area contributed by atoms with Crippen LogP contribution in [-0.4, -0.2) is 44.9 Å². The zero-order valence-electron chi connectivity index (χ0n) is 13.4. The molecule has 0 aliphatic carbocycles. The molecule has 1 heterocycles. The molecular formula is C15H24ClN3O3S. The van der Waals surface area contributed by atoms with Crippen LogP contribution >= 0.6 is 12.4 Å². The number of benzene rings is 1. The van der Waals surface area contributed by atoms with Gasteiger partial charge in [-0.05, 0) is 44.0 Å². The Morgan fingerprint density at radius 3 is 2.70 bits per heavy atom. The molecule has 1 saturated heterocycles. The number of likely N-dealkylation sites (tertiary alicyclic amines) is 1. The van der Waals surface area contributed by atoms with Crippen molar-refractivity contribution in [3.63, 3.8) is 0 Å². The average Bonchev–Trinajstić information content (AvgIpc) is 2.88. The smallest absolute Gasteiger partial charge is 0.254 e. The lowest BCUT2D eigenvalue weighted by Gasteiger charge is -2.21. The van der Waals surface area contributed by atoms with E-state index >= 15 is 0 Å². The molecule has 0 aromatic heterocycles. The summed E-state index contributed by atoms with van der Waals surface area (Å²) in [6.45, 7) is 5.20. The molecular weight excluding hydrogens is 338 g/mol. The summed E-state index contributed by atoms with van der Waals surface area (Å²) in [6, 6.07) is 6.29. The fourth-order valence-electron chi connectivity index (χ4n) is 2.83. The van der Waals surface area contributed by atoms with Crippen molar-refractivity contribution in [2.45, 2.75) is 31.2 Å². The fraction of sp³-hybridized carbons (Fsp3) is 0.533. The van der Waals surface area contributed by atoms with Crippen LogP contribution in [-0.2, 0) is 10.0 Å². The molecule has 2 unspecified atom stereocenters. The van der Waals surface area contributed by atoms with Crippen molar-refractivity contribution in [3.05, 3.63) is 29.8 Å². The van der Waals surface area contributed by atoms with Crippen LogP contribution < -0.4 is 10.5 Å². The molecule has 0 spiro atoms. The van der Waals surface area contributed by atoms with Gasteiger partial charge >= 0.3 is 0 Å². The van der Waals surface area contributed by atoms with Gasteiger partial charge < -0.3 is 10.6 Å². The topological polar surface area (TPSA) is 92.5 Å². The van der Waals surface area contributed by atoms with Gasteiger partial charge in [0, 0.05) is 24.7 Å². The number of rotatable bonds is 5. The quantitative estimate of drug-likeness (QED) is 0.824. The molecule has 0 radical (unpaired) electrons. The maximum Gasteiger partial charge on any atom is 0.254 e. The second-order valence-electron chi connectivity index (χ2n) is 5.67. The van der Waals surface area contributed by atoms with Gasteiger partial charge in [-0.3, -0.25) is 4.79 Å². The van der Waals surface area contributed by atoms with Crippen LogP contribution in [0.15, 0.2) is 29.2 Å². The molecule has 6 nitrogen and oxygen atoms in total. The minimum absolute atomic E-state index is 0. The number of halogens is 1. The van der Waals surface area contributed by atoms with E-state index < -0.39 is 10.0 Å². The lowest BCUT2D eigenvalue weighted by Crippen LogP contribution is -2.34. The third-order valence-electron chi connectivity index (χ3n) is 3.98. The van der Waals surface area contributed by atoms with Gasteiger partial charge in [-0.1, -0.05) is 13.0 Å². The Balaban J connectivity index is 0.00000264. The largest absolute Gasteiger partial charge is 0.336 e. The number of amides is 1. The number of carbonyl (C=O) groups is 1. The standard InChI is InChI=1S/C15H23N3O3S.ClH/c1-3-17-22(20,21)14-6-4-5-13(8-14)15(19)18-10-12(9-16)7-11(18)2;/h4-6,8,11-12,17H,3,7,9-10,16H2,1-2H3;1H. The lowest BCUT2D eigenvalue weighted by atomic mass is 10.1. The maximum atomic E-state index is 12.6. The summed E-state index contributed by atoms with van der Waals surface area (Å²) in [5, 5.41) is 0. The van der Waals surface area contributed by atoms with Gasteiger partial charge in [0.25, 0.3) is 5.91 Å². The van der Waals surface area contributed by atoms with Crippen LogP contribution in [0.25, 0.3) is 0 Å². The minimum atomic E-state index is -3.56. The van der Waals surface area contributed by atoms with Crippen LogP contribution in [0.2, 0.25) is 0 Å². The average molecular weight is 362 g/mol. The van der Waals surface area contributed by atoms with Crippen LogP contribution in [0, 0.1) is 5.92 Å². The first-order valence-electron chi connectivity index (χ1n) is 7.49. The Morgan fingerprint density at radius 1 is 1.43 bits per heavy atom. The summed E-state index contributed by atoms with van der Waals surface area (Å²) >= 11 is 0. The zero-order chi connectivity index (χ0) is 16.3. The number of nitrogens with zero attached hydrogens (tertiary/aromatic N) is 1. The number of hydrogen-bond acceptors (Lipinski definition) is 4. The summed E-state index contributed by atoms with van der Waals surface area (Å²) in [7, 11) is -3.56. The molecule has 1 aromatic carbocycles. The van der Waals surface area contributed by atoms with Gasteiger partial charge in [-0.15, -0.1) is 12.4 Å². The molecule has 1 fully saturated rings. The first-order chi connectivity index (χ1) is 10.4. The molecule has 8 heteroatoms. The highest BCUT2D eigenvalue weighted by molar-refractivity contribution is 7.89. The molecule has 1 aliphatic heterocycles. The van der Waals surface area contributed by atoms with E-state index in [9.17, 15) is 13.2 Å². The zero-order valence-corrected chi connectivity index (χ0v) is 15.0. The molecule has 0 bridgehead atoms. The van der Waals surface area contributed by atoms with E-state index in [4.69, 9.17) is 5.73 Å². The van der Waals surface area contributed by atoms with E-state index in [-0.39, 0.29) is 29.3 Å². The van der Waals surface area contributed by atoms with E-state index in [1.165, 1.54) is 12.1 Å². The number of sulfonamides is 1. The molecule has 130 valence electrons. The number of carbonyl (C=O) groups excluding carboxylic acids is 1.